The number of rotatable bonds is 7. The lowest BCUT2D eigenvalue weighted by Crippen LogP contribution is -2.44. The van der Waals surface area contributed by atoms with E-state index in [0.29, 0.717) is 16.9 Å². The molecular formula is C21H21N3O5. The van der Waals surface area contributed by atoms with Crippen LogP contribution in [0.2, 0.25) is 0 Å². The van der Waals surface area contributed by atoms with Gasteiger partial charge in [-0.3, -0.25) is 34.9 Å². The zero-order valence-electron chi connectivity index (χ0n) is 15.9. The largest absolute Gasteiger partial charge is 0.483 e. The van der Waals surface area contributed by atoms with Crippen molar-refractivity contribution in [3.05, 3.63) is 65.2 Å². The van der Waals surface area contributed by atoms with Crippen molar-refractivity contribution in [1.29, 1.82) is 0 Å². The Kier molecular flexibility index (Phi) is 6.23. The fourth-order valence-corrected chi connectivity index (χ4v) is 2.94. The second-order valence-corrected chi connectivity index (χ2v) is 6.56. The number of fused-ring (bicyclic) bond motifs is 1. The first-order valence-electron chi connectivity index (χ1n) is 9.18. The average Bonchev–Trinajstić information content (AvgIpc) is 2.97. The van der Waals surface area contributed by atoms with Crippen molar-refractivity contribution in [2.24, 2.45) is 0 Å². The summed E-state index contributed by atoms with van der Waals surface area (Å²) in [5, 5.41) is 0. The molecule has 0 aliphatic carbocycles. The van der Waals surface area contributed by atoms with E-state index in [-0.39, 0.29) is 37.8 Å². The Bertz CT molecular complexity index is 922. The van der Waals surface area contributed by atoms with Crippen LogP contribution in [0.1, 0.15) is 39.1 Å². The molecule has 0 unspecified atom stereocenters. The molecule has 0 bridgehead atoms. The molecule has 1 aliphatic rings. The molecule has 1 aliphatic heterocycles. The van der Waals surface area contributed by atoms with Gasteiger partial charge in [0.05, 0.1) is 11.1 Å². The second-order valence-electron chi connectivity index (χ2n) is 6.56. The van der Waals surface area contributed by atoms with Crippen molar-refractivity contribution in [3.63, 3.8) is 0 Å². The second kappa shape index (κ2) is 9.01. The zero-order chi connectivity index (χ0) is 20.8. The number of carbonyl (C=O) groups excluding carboxylic acids is 4. The highest BCUT2D eigenvalue weighted by atomic mass is 16.5. The Morgan fingerprint density at radius 2 is 1.48 bits per heavy atom. The maximum atomic E-state index is 12.2. The van der Waals surface area contributed by atoms with E-state index in [2.05, 4.69) is 10.9 Å². The minimum absolute atomic E-state index is 0.0480. The SMILES string of the molecule is Cc1ccccc1OCC(=O)NNC(=O)CCCN1C(=O)c2ccccc2C1=O. The number of ether oxygens (including phenoxy) is 1. The summed E-state index contributed by atoms with van der Waals surface area (Å²) in [5.74, 6) is -1.04. The van der Waals surface area contributed by atoms with E-state index in [9.17, 15) is 19.2 Å². The van der Waals surface area contributed by atoms with Crippen molar-refractivity contribution in [3.8, 4) is 5.75 Å². The van der Waals surface area contributed by atoms with E-state index in [4.69, 9.17) is 4.74 Å². The molecule has 4 amide bonds. The number of hydrazine groups is 1. The van der Waals surface area contributed by atoms with E-state index < -0.39 is 11.8 Å². The molecule has 150 valence electrons. The van der Waals surface area contributed by atoms with Gasteiger partial charge >= 0.3 is 0 Å². The third-order valence-electron chi connectivity index (χ3n) is 4.46. The van der Waals surface area contributed by atoms with Crippen molar-refractivity contribution in [1.82, 2.24) is 15.8 Å². The number of para-hydroxylation sites is 1. The number of benzene rings is 2. The number of nitrogens with one attached hydrogen (secondary N) is 2. The molecule has 0 fully saturated rings. The van der Waals surface area contributed by atoms with Crippen molar-refractivity contribution in [2.45, 2.75) is 19.8 Å². The molecular weight excluding hydrogens is 374 g/mol. The first-order chi connectivity index (χ1) is 14.0. The van der Waals surface area contributed by atoms with E-state index >= 15 is 0 Å². The molecule has 8 nitrogen and oxygen atoms in total. The van der Waals surface area contributed by atoms with Gasteiger partial charge in [-0.2, -0.15) is 0 Å². The molecule has 0 saturated carbocycles. The molecule has 0 radical (unpaired) electrons. The summed E-state index contributed by atoms with van der Waals surface area (Å²) in [6, 6.07) is 13.9. The number of amides is 4. The third kappa shape index (κ3) is 4.78. The van der Waals surface area contributed by atoms with Crippen molar-refractivity contribution in [2.75, 3.05) is 13.2 Å². The molecule has 29 heavy (non-hydrogen) atoms. The molecule has 8 heteroatoms. The number of hydrogen-bond donors (Lipinski definition) is 2. The number of hydrogen-bond acceptors (Lipinski definition) is 5. The number of nitrogens with zero attached hydrogens (tertiary/aromatic N) is 1. The fourth-order valence-electron chi connectivity index (χ4n) is 2.94. The third-order valence-corrected chi connectivity index (χ3v) is 4.46. The maximum Gasteiger partial charge on any atom is 0.276 e. The topological polar surface area (TPSA) is 105 Å². The summed E-state index contributed by atoms with van der Waals surface area (Å²) < 4.78 is 5.39. The summed E-state index contributed by atoms with van der Waals surface area (Å²) in [7, 11) is 0. The average molecular weight is 395 g/mol. The van der Waals surface area contributed by atoms with Crippen LogP contribution < -0.4 is 15.6 Å². The predicted molar refractivity (Wildman–Crippen MR) is 104 cm³/mol. The molecule has 0 spiro atoms. The Morgan fingerprint density at radius 1 is 0.897 bits per heavy atom. The summed E-state index contributed by atoms with van der Waals surface area (Å²) in [4.78, 5) is 49.3. The van der Waals surface area contributed by atoms with Gasteiger partial charge in [-0.15, -0.1) is 0 Å². The van der Waals surface area contributed by atoms with Gasteiger partial charge in [0.25, 0.3) is 17.7 Å². The van der Waals surface area contributed by atoms with Crippen molar-refractivity contribution >= 4 is 23.6 Å². The predicted octanol–water partition coefficient (Wildman–Crippen LogP) is 1.60. The standard InChI is InChI=1S/C21H21N3O5/c1-14-7-2-5-10-17(14)29-13-19(26)23-22-18(25)11-6-12-24-20(27)15-8-3-4-9-16(15)21(24)28/h2-5,7-10H,6,11-13H2,1H3,(H,22,25)(H,23,26). The van der Waals surface area contributed by atoms with Crippen molar-refractivity contribution < 1.29 is 23.9 Å². The molecule has 2 N–H and O–H groups in total. The monoisotopic (exact) mass is 395 g/mol. The first kappa shape index (κ1) is 20.1. The molecule has 2 aromatic carbocycles. The van der Waals surface area contributed by atoms with Gasteiger partial charge in [-0.25, -0.2) is 0 Å². The van der Waals surface area contributed by atoms with Crippen LogP contribution in [0.25, 0.3) is 0 Å². The lowest BCUT2D eigenvalue weighted by atomic mass is 10.1. The number of carbonyl (C=O) groups is 4. The van der Waals surface area contributed by atoms with Crippen LogP contribution >= 0.6 is 0 Å². The van der Waals surface area contributed by atoms with Crippen LogP contribution in [0.5, 0.6) is 5.75 Å². The van der Waals surface area contributed by atoms with E-state index in [1.54, 1.807) is 36.4 Å². The van der Waals surface area contributed by atoms with Gasteiger partial charge in [-0.1, -0.05) is 30.3 Å². The maximum absolute atomic E-state index is 12.2. The molecule has 0 saturated heterocycles. The molecule has 0 atom stereocenters. The smallest absolute Gasteiger partial charge is 0.276 e. The number of aryl methyl sites for hydroxylation is 1. The van der Waals surface area contributed by atoms with E-state index in [1.807, 2.05) is 19.1 Å². The van der Waals surface area contributed by atoms with Gasteiger partial charge in [-0.05, 0) is 37.1 Å². The highest BCUT2D eigenvalue weighted by molar-refractivity contribution is 6.21. The zero-order valence-corrected chi connectivity index (χ0v) is 15.9. The first-order valence-corrected chi connectivity index (χ1v) is 9.18. The van der Waals surface area contributed by atoms with Crippen LogP contribution in [-0.2, 0) is 9.59 Å². The molecule has 3 rings (SSSR count). The van der Waals surface area contributed by atoms with E-state index in [0.717, 1.165) is 10.5 Å². The summed E-state index contributed by atoms with van der Waals surface area (Å²) >= 11 is 0. The quantitative estimate of drug-likeness (QED) is 0.547. The van der Waals surface area contributed by atoms with Gasteiger partial charge in [0.1, 0.15) is 5.75 Å². The highest BCUT2D eigenvalue weighted by Gasteiger charge is 2.34. The van der Waals surface area contributed by atoms with Crippen LogP contribution in [0.15, 0.2) is 48.5 Å². The van der Waals surface area contributed by atoms with Crippen LogP contribution in [0.4, 0.5) is 0 Å². The molecule has 1 heterocycles. The molecule has 2 aromatic rings. The number of imide groups is 1. The summed E-state index contributed by atoms with van der Waals surface area (Å²) in [5.41, 5.74) is 6.22. The Labute approximate surface area is 167 Å². The van der Waals surface area contributed by atoms with Crippen LogP contribution in [0, 0.1) is 6.92 Å². The lowest BCUT2D eigenvalue weighted by Gasteiger charge is -2.13. The summed E-state index contributed by atoms with van der Waals surface area (Å²) in [6.07, 6.45) is 0.333. The van der Waals surface area contributed by atoms with Gasteiger partial charge in [0.15, 0.2) is 6.61 Å². The lowest BCUT2D eigenvalue weighted by molar-refractivity contribution is -0.130. The molecule has 0 aromatic heterocycles. The Hall–Kier alpha value is -3.68. The van der Waals surface area contributed by atoms with Gasteiger partial charge in [0.2, 0.25) is 5.91 Å². The minimum atomic E-state index is -0.498. The highest BCUT2D eigenvalue weighted by Crippen LogP contribution is 2.22. The fraction of sp³-hybridized carbons (Fsp3) is 0.238. The summed E-state index contributed by atoms with van der Waals surface area (Å²) in [6.45, 7) is 1.76. The Balaban J connectivity index is 1.36. The van der Waals surface area contributed by atoms with Gasteiger partial charge in [0, 0.05) is 13.0 Å². The normalized spacial score (nSPS) is 12.5. The van der Waals surface area contributed by atoms with Crippen LogP contribution in [-0.4, -0.2) is 41.7 Å². The minimum Gasteiger partial charge on any atom is -0.483 e. The van der Waals surface area contributed by atoms with Crippen LogP contribution in [0.3, 0.4) is 0 Å². The van der Waals surface area contributed by atoms with Gasteiger partial charge < -0.3 is 4.74 Å². The Morgan fingerprint density at radius 3 is 2.14 bits per heavy atom. The van der Waals surface area contributed by atoms with E-state index in [1.165, 1.54) is 0 Å².